The molecule has 0 spiro atoms. The van der Waals surface area contributed by atoms with Gasteiger partial charge in [-0.15, -0.1) is 0 Å². The van der Waals surface area contributed by atoms with Gasteiger partial charge in [-0.25, -0.2) is 9.97 Å². The van der Waals surface area contributed by atoms with Gasteiger partial charge >= 0.3 is 0 Å². The lowest BCUT2D eigenvalue weighted by Gasteiger charge is -2.25. The van der Waals surface area contributed by atoms with Gasteiger partial charge in [0.15, 0.2) is 5.82 Å². The number of nitrogens with zero attached hydrogens (tertiary/aromatic N) is 4. The van der Waals surface area contributed by atoms with E-state index >= 15 is 0 Å². The van der Waals surface area contributed by atoms with Gasteiger partial charge in [0.05, 0.1) is 16.7 Å². The second-order valence-corrected chi connectivity index (χ2v) is 12.3. The first-order valence-electron chi connectivity index (χ1n) is 16.8. The second kappa shape index (κ2) is 12.7. The predicted octanol–water partition coefficient (Wildman–Crippen LogP) is 12.0. The van der Waals surface area contributed by atoms with Crippen LogP contribution in [0.15, 0.2) is 194 Å². The molecule has 4 heteroatoms. The second-order valence-electron chi connectivity index (χ2n) is 12.3. The van der Waals surface area contributed by atoms with Gasteiger partial charge in [-0.1, -0.05) is 133 Å². The predicted molar refractivity (Wildman–Crippen MR) is 207 cm³/mol. The number of aromatic nitrogens is 3. The fourth-order valence-corrected chi connectivity index (χ4v) is 6.85. The Morgan fingerprint density at radius 3 is 1.60 bits per heavy atom. The van der Waals surface area contributed by atoms with Crippen molar-refractivity contribution < 1.29 is 0 Å². The van der Waals surface area contributed by atoms with Crippen LogP contribution >= 0.6 is 0 Å². The highest BCUT2D eigenvalue weighted by molar-refractivity contribution is 6.10. The minimum Gasteiger partial charge on any atom is -0.310 e. The van der Waals surface area contributed by atoms with Crippen molar-refractivity contribution in [3.05, 3.63) is 194 Å². The summed E-state index contributed by atoms with van der Waals surface area (Å²) in [6.07, 6.45) is 0. The molecule has 0 fully saturated rings. The Balaban J connectivity index is 1.21. The molecule has 0 aliphatic carbocycles. The average Bonchev–Trinajstić information content (AvgIpc) is 3.53. The summed E-state index contributed by atoms with van der Waals surface area (Å²) in [7, 11) is 0. The zero-order valence-electron chi connectivity index (χ0n) is 27.3. The van der Waals surface area contributed by atoms with E-state index in [4.69, 9.17) is 9.97 Å². The molecule has 0 radical (unpaired) electrons. The quantitative estimate of drug-likeness (QED) is 0.174. The third-order valence-electron chi connectivity index (χ3n) is 9.18. The van der Waals surface area contributed by atoms with Crippen molar-refractivity contribution in [1.82, 2.24) is 14.5 Å². The third kappa shape index (κ3) is 5.39. The van der Waals surface area contributed by atoms with E-state index in [9.17, 15) is 0 Å². The van der Waals surface area contributed by atoms with E-state index in [0.29, 0.717) is 5.82 Å². The van der Waals surface area contributed by atoms with Crippen LogP contribution in [0.5, 0.6) is 0 Å². The summed E-state index contributed by atoms with van der Waals surface area (Å²) in [6, 6.07) is 67.9. The van der Waals surface area contributed by atoms with Gasteiger partial charge in [0.1, 0.15) is 5.82 Å². The van der Waals surface area contributed by atoms with Gasteiger partial charge in [0.2, 0.25) is 0 Å². The van der Waals surface area contributed by atoms with Gasteiger partial charge in [0.25, 0.3) is 0 Å². The van der Waals surface area contributed by atoms with Crippen LogP contribution < -0.4 is 4.90 Å². The highest BCUT2D eigenvalue weighted by atomic mass is 15.1. The molecule has 0 aliphatic rings. The molecule has 2 heterocycles. The smallest absolute Gasteiger partial charge is 0.162 e. The summed E-state index contributed by atoms with van der Waals surface area (Å²) >= 11 is 0. The van der Waals surface area contributed by atoms with Crippen molar-refractivity contribution in [2.24, 2.45) is 0 Å². The standard InChI is InChI=1S/C46H32N4/c1-5-16-33(17-6-1)42-32-45(48-46(47-42)34-18-7-2-8-19-34)50-43-27-14-13-26-40(43)41-31-36(28-29-44(41)50)35-20-15-25-39(30-35)49(37-21-9-3-10-22-37)38-23-11-4-12-24-38/h1-32H. The Labute approximate surface area is 291 Å². The van der Waals surface area contributed by atoms with Crippen molar-refractivity contribution >= 4 is 38.9 Å². The van der Waals surface area contributed by atoms with E-state index in [2.05, 4.69) is 179 Å². The molecule has 9 aromatic rings. The number of benzene rings is 7. The molecule has 0 saturated heterocycles. The normalized spacial score (nSPS) is 11.2. The lowest BCUT2D eigenvalue weighted by atomic mass is 10.0. The Morgan fingerprint density at radius 2 is 0.900 bits per heavy atom. The van der Waals surface area contributed by atoms with Gasteiger partial charge in [-0.05, 0) is 65.7 Å². The van der Waals surface area contributed by atoms with Crippen LogP contribution in [-0.2, 0) is 0 Å². The van der Waals surface area contributed by atoms with E-state index in [1.165, 1.54) is 10.8 Å². The molecular formula is C46H32N4. The van der Waals surface area contributed by atoms with Gasteiger partial charge in [-0.3, -0.25) is 4.57 Å². The van der Waals surface area contributed by atoms with E-state index in [0.717, 1.165) is 61.9 Å². The number of rotatable bonds is 7. The average molecular weight is 641 g/mol. The number of para-hydroxylation sites is 3. The molecule has 2 aromatic heterocycles. The fraction of sp³-hybridized carbons (Fsp3) is 0. The molecule has 0 N–H and O–H groups in total. The Kier molecular flexibility index (Phi) is 7.45. The lowest BCUT2D eigenvalue weighted by Crippen LogP contribution is -2.09. The van der Waals surface area contributed by atoms with Gasteiger partial charge < -0.3 is 4.90 Å². The van der Waals surface area contributed by atoms with Crippen molar-refractivity contribution in [1.29, 1.82) is 0 Å². The molecule has 0 bridgehead atoms. The van der Waals surface area contributed by atoms with E-state index in [1.807, 2.05) is 24.3 Å². The van der Waals surface area contributed by atoms with Crippen LogP contribution in [-0.4, -0.2) is 14.5 Å². The van der Waals surface area contributed by atoms with Gasteiger partial charge in [-0.2, -0.15) is 0 Å². The maximum Gasteiger partial charge on any atom is 0.162 e. The van der Waals surface area contributed by atoms with Crippen molar-refractivity contribution in [2.45, 2.75) is 0 Å². The molecule has 50 heavy (non-hydrogen) atoms. The van der Waals surface area contributed by atoms with Gasteiger partial charge in [0, 0.05) is 45.0 Å². The monoisotopic (exact) mass is 640 g/mol. The van der Waals surface area contributed by atoms with E-state index in [1.54, 1.807) is 0 Å². The van der Waals surface area contributed by atoms with Crippen LogP contribution in [0.3, 0.4) is 0 Å². The minimum atomic E-state index is 0.697. The summed E-state index contributed by atoms with van der Waals surface area (Å²) in [5.74, 6) is 1.53. The highest BCUT2D eigenvalue weighted by Crippen LogP contribution is 2.39. The summed E-state index contributed by atoms with van der Waals surface area (Å²) in [4.78, 5) is 12.5. The van der Waals surface area contributed by atoms with Crippen LogP contribution in [0.1, 0.15) is 0 Å². The van der Waals surface area contributed by atoms with Crippen molar-refractivity contribution in [3.8, 4) is 39.6 Å². The maximum atomic E-state index is 5.19. The zero-order valence-corrected chi connectivity index (χ0v) is 27.3. The van der Waals surface area contributed by atoms with Crippen molar-refractivity contribution in [3.63, 3.8) is 0 Å². The van der Waals surface area contributed by atoms with Crippen LogP contribution in [0.25, 0.3) is 61.4 Å². The lowest BCUT2D eigenvalue weighted by molar-refractivity contribution is 1.05. The fourth-order valence-electron chi connectivity index (χ4n) is 6.85. The summed E-state index contributed by atoms with van der Waals surface area (Å²) in [5.41, 5.74) is 10.8. The van der Waals surface area contributed by atoms with Crippen LogP contribution in [0.2, 0.25) is 0 Å². The van der Waals surface area contributed by atoms with E-state index < -0.39 is 0 Å². The molecule has 0 saturated carbocycles. The first kappa shape index (κ1) is 29.4. The first-order chi connectivity index (χ1) is 24.8. The van der Waals surface area contributed by atoms with Crippen LogP contribution in [0.4, 0.5) is 17.1 Å². The molecule has 7 aromatic carbocycles. The molecule has 0 atom stereocenters. The minimum absolute atomic E-state index is 0.697. The van der Waals surface area contributed by atoms with Crippen LogP contribution in [0, 0.1) is 0 Å². The SMILES string of the molecule is c1ccc(-c2cc(-n3c4ccccc4c4cc(-c5cccc(N(c6ccccc6)c6ccccc6)c5)ccc43)nc(-c3ccccc3)n2)cc1. The summed E-state index contributed by atoms with van der Waals surface area (Å²) in [6.45, 7) is 0. The first-order valence-corrected chi connectivity index (χ1v) is 16.8. The largest absolute Gasteiger partial charge is 0.310 e. The number of hydrogen-bond donors (Lipinski definition) is 0. The topological polar surface area (TPSA) is 34.0 Å². The van der Waals surface area contributed by atoms with E-state index in [-0.39, 0.29) is 0 Å². The molecule has 236 valence electrons. The Bertz CT molecular complexity index is 2480. The highest BCUT2D eigenvalue weighted by Gasteiger charge is 2.18. The molecule has 0 unspecified atom stereocenters. The third-order valence-corrected chi connectivity index (χ3v) is 9.18. The molecule has 4 nitrogen and oxygen atoms in total. The number of anilines is 3. The summed E-state index contributed by atoms with van der Waals surface area (Å²) < 4.78 is 2.28. The number of hydrogen-bond acceptors (Lipinski definition) is 3. The van der Waals surface area contributed by atoms with Crippen molar-refractivity contribution in [2.75, 3.05) is 4.90 Å². The molecule has 9 rings (SSSR count). The summed E-state index contributed by atoms with van der Waals surface area (Å²) in [5, 5.41) is 2.35. The molecular weight excluding hydrogens is 609 g/mol. The maximum absolute atomic E-state index is 5.19. The molecule has 0 amide bonds. The zero-order chi connectivity index (χ0) is 33.3. The Hall–Kier alpha value is -6.78. The number of fused-ring (bicyclic) bond motifs is 3. The molecule has 0 aliphatic heterocycles. The Morgan fingerprint density at radius 1 is 0.360 bits per heavy atom.